The Morgan fingerprint density at radius 2 is 1.72 bits per heavy atom. The molecule has 236 valence electrons. The molecule has 2 amide bonds. The molecule has 4 aliphatic carbocycles. The van der Waals surface area contributed by atoms with Crippen molar-refractivity contribution in [1.82, 2.24) is 4.90 Å². The highest BCUT2D eigenvalue weighted by Gasteiger charge is 2.65. The number of esters is 1. The number of carbonyl (C=O) groups is 3. The maximum Gasteiger partial charge on any atom is 0.305 e. The lowest BCUT2D eigenvalue weighted by atomic mass is 9.43. The predicted octanol–water partition coefficient (Wildman–Crippen LogP) is 4.86. The SMILES string of the molecule is COC(=O)CCC(C)C1CCC2C3C(O)CC4CC(OCCN5C(=O)c6ccccc6C5=O)CCC4(C)C3CC(O)C12C. The van der Waals surface area contributed by atoms with E-state index >= 15 is 0 Å². The van der Waals surface area contributed by atoms with Crippen molar-refractivity contribution in [2.24, 2.45) is 46.3 Å². The molecule has 5 aliphatic rings. The summed E-state index contributed by atoms with van der Waals surface area (Å²) in [5, 5.41) is 23.6. The molecular formula is C35H49NO7. The van der Waals surface area contributed by atoms with Crippen LogP contribution in [-0.2, 0) is 14.3 Å². The molecule has 0 spiro atoms. The fraction of sp³-hybridized carbons (Fsp3) is 0.743. The molecule has 6 rings (SSSR count). The number of aliphatic hydroxyl groups excluding tert-OH is 2. The van der Waals surface area contributed by atoms with Crippen LogP contribution in [0, 0.1) is 46.3 Å². The smallest absolute Gasteiger partial charge is 0.305 e. The van der Waals surface area contributed by atoms with E-state index in [1.807, 2.05) is 0 Å². The molecule has 43 heavy (non-hydrogen) atoms. The first-order valence-corrected chi connectivity index (χ1v) is 16.5. The Hall–Kier alpha value is -2.29. The lowest BCUT2D eigenvalue weighted by Gasteiger charge is -2.63. The Labute approximate surface area is 255 Å². The number of carbonyl (C=O) groups excluding carboxylic acids is 3. The maximum atomic E-state index is 12.7. The fourth-order valence-corrected chi connectivity index (χ4v) is 10.7. The fourth-order valence-electron chi connectivity index (χ4n) is 10.7. The molecule has 11 atom stereocenters. The number of methoxy groups -OCH3 is 1. The number of fused-ring (bicyclic) bond motifs is 6. The predicted molar refractivity (Wildman–Crippen MR) is 160 cm³/mol. The summed E-state index contributed by atoms with van der Waals surface area (Å²) < 4.78 is 11.2. The normalized spacial score (nSPS) is 40.8. The molecule has 2 N–H and O–H groups in total. The van der Waals surface area contributed by atoms with Gasteiger partial charge >= 0.3 is 5.97 Å². The molecule has 0 aromatic heterocycles. The number of rotatable bonds is 8. The van der Waals surface area contributed by atoms with Gasteiger partial charge in [-0.05, 0) is 110 Å². The third kappa shape index (κ3) is 4.96. The highest BCUT2D eigenvalue weighted by molar-refractivity contribution is 6.21. The summed E-state index contributed by atoms with van der Waals surface area (Å²) in [4.78, 5) is 38.6. The van der Waals surface area contributed by atoms with Gasteiger partial charge in [0.25, 0.3) is 11.8 Å². The molecule has 1 aromatic rings. The Morgan fingerprint density at radius 3 is 2.40 bits per heavy atom. The molecule has 11 unspecified atom stereocenters. The van der Waals surface area contributed by atoms with Crippen molar-refractivity contribution in [1.29, 1.82) is 0 Å². The average molecular weight is 596 g/mol. The van der Waals surface area contributed by atoms with Crippen LogP contribution in [0.15, 0.2) is 24.3 Å². The molecule has 1 aliphatic heterocycles. The number of ether oxygens (including phenoxy) is 2. The van der Waals surface area contributed by atoms with E-state index in [1.54, 1.807) is 24.3 Å². The van der Waals surface area contributed by atoms with Crippen molar-refractivity contribution in [2.45, 2.75) is 96.9 Å². The summed E-state index contributed by atoms with van der Waals surface area (Å²) in [6, 6.07) is 6.94. The first kappa shape index (κ1) is 30.7. The lowest BCUT2D eigenvalue weighted by Crippen LogP contribution is -2.62. The van der Waals surface area contributed by atoms with Crippen molar-refractivity contribution in [3.8, 4) is 0 Å². The van der Waals surface area contributed by atoms with Gasteiger partial charge in [0.2, 0.25) is 0 Å². The quantitative estimate of drug-likeness (QED) is 0.326. The number of hydrogen-bond donors (Lipinski definition) is 2. The highest BCUT2D eigenvalue weighted by atomic mass is 16.5. The minimum atomic E-state index is -0.428. The number of nitrogens with zero attached hydrogens (tertiary/aromatic N) is 1. The van der Waals surface area contributed by atoms with E-state index in [1.165, 1.54) is 12.0 Å². The Kier molecular flexibility index (Phi) is 8.27. The molecular weight excluding hydrogens is 546 g/mol. The second kappa shape index (κ2) is 11.6. The van der Waals surface area contributed by atoms with Gasteiger partial charge < -0.3 is 19.7 Å². The molecule has 8 nitrogen and oxygen atoms in total. The van der Waals surface area contributed by atoms with E-state index in [0.717, 1.165) is 44.9 Å². The third-order valence-electron chi connectivity index (χ3n) is 13.1. The van der Waals surface area contributed by atoms with Crippen molar-refractivity contribution in [3.63, 3.8) is 0 Å². The first-order chi connectivity index (χ1) is 20.5. The van der Waals surface area contributed by atoms with Crippen LogP contribution < -0.4 is 0 Å². The van der Waals surface area contributed by atoms with Gasteiger partial charge in [-0.3, -0.25) is 19.3 Å². The summed E-state index contributed by atoms with van der Waals surface area (Å²) in [7, 11) is 1.43. The molecule has 8 heteroatoms. The summed E-state index contributed by atoms with van der Waals surface area (Å²) in [5.41, 5.74) is 0.692. The van der Waals surface area contributed by atoms with Crippen LogP contribution in [0.4, 0.5) is 0 Å². The van der Waals surface area contributed by atoms with E-state index in [0.29, 0.717) is 48.3 Å². The van der Waals surface area contributed by atoms with E-state index in [4.69, 9.17) is 9.47 Å². The third-order valence-corrected chi connectivity index (χ3v) is 13.1. The van der Waals surface area contributed by atoms with Gasteiger partial charge in [-0.1, -0.05) is 32.9 Å². The van der Waals surface area contributed by atoms with E-state index in [-0.39, 0.29) is 59.0 Å². The van der Waals surface area contributed by atoms with Gasteiger partial charge in [0, 0.05) is 6.42 Å². The van der Waals surface area contributed by atoms with E-state index < -0.39 is 12.2 Å². The van der Waals surface area contributed by atoms with Crippen molar-refractivity contribution < 1.29 is 34.1 Å². The zero-order chi connectivity index (χ0) is 30.7. The van der Waals surface area contributed by atoms with Gasteiger partial charge in [-0.25, -0.2) is 0 Å². The van der Waals surface area contributed by atoms with E-state index in [2.05, 4.69) is 20.8 Å². The Bertz CT molecular complexity index is 1220. The number of aliphatic hydroxyl groups is 2. The van der Waals surface area contributed by atoms with Crippen molar-refractivity contribution in [3.05, 3.63) is 35.4 Å². The molecule has 0 radical (unpaired) electrons. The standard InChI is InChI=1S/C35H49NO7/c1-20(9-12-30(39)42-4)25-10-11-26-31-27(19-29(38)35(25,26)3)34(2)14-13-22(17-21(34)18-28(31)37)43-16-15-36-32(40)23-7-5-6-8-24(23)33(36)41/h5-8,20-22,25-29,31,37-38H,9-19H2,1-4H3. The minimum absolute atomic E-state index is 0.0299. The van der Waals surface area contributed by atoms with Crippen LogP contribution in [0.5, 0.6) is 0 Å². The number of hydrogen-bond acceptors (Lipinski definition) is 7. The summed E-state index contributed by atoms with van der Waals surface area (Å²) in [5.74, 6) is 0.952. The molecule has 1 aromatic carbocycles. The van der Waals surface area contributed by atoms with Crippen LogP contribution in [0.1, 0.15) is 99.3 Å². The number of imide groups is 1. The summed E-state index contributed by atoms with van der Waals surface area (Å²) in [6.45, 7) is 7.40. The van der Waals surface area contributed by atoms with Crippen LogP contribution in [0.3, 0.4) is 0 Å². The van der Waals surface area contributed by atoms with Gasteiger partial charge in [-0.2, -0.15) is 0 Å². The second-order valence-corrected chi connectivity index (χ2v) is 14.8. The molecule has 0 bridgehead atoms. The molecule has 4 saturated carbocycles. The highest BCUT2D eigenvalue weighted by Crippen LogP contribution is 2.68. The number of amides is 2. The number of benzene rings is 1. The average Bonchev–Trinajstić information content (AvgIpc) is 3.47. The van der Waals surface area contributed by atoms with Crippen LogP contribution in [0.2, 0.25) is 0 Å². The summed E-state index contributed by atoms with van der Waals surface area (Å²) >= 11 is 0. The van der Waals surface area contributed by atoms with Crippen LogP contribution >= 0.6 is 0 Å². The second-order valence-electron chi connectivity index (χ2n) is 14.8. The zero-order valence-electron chi connectivity index (χ0n) is 26.2. The Morgan fingerprint density at radius 1 is 1.02 bits per heavy atom. The molecule has 4 fully saturated rings. The molecule has 1 heterocycles. The Balaban J connectivity index is 1.09. The first-order valence-electron chi connectivity index (χ1n) is 16.5. The molecule has 0 saturated heterocycles. The van der Waals surface area contributed by atoms with Gasteiger partial charge in [0.15, 0.2) is 0 Å². The van der Waals surface area contributed by atoms with E-state index in [9.17, 15) is 24.6 Å². The van der Waals surface area contributed by atoms with Crippen molar-refractivity contribution in [2.75, 3.05) is 20.3 Å². The van der Waals surface area contributed by atoms with Crippen LogP contribution in [-0.4, -0.2) is 71.5 Å². The maximum absolute atomic E-state index is 12.7. The topological polar surface area (TPSA) is 113 Å². The largest absolute Gasteiger partial charge is 0.469 e. The van der Waals surface area contributed by atoms with Gasteiger partial charge in [-0.15, -0.1) is 0 Å². The van der Waals surface area contributed by atoms with Crippen molar-refractivity contribution >= 4 is 17.8 Å². The summed E-state index contributed by atoms with van der Waals surface area (Å²) in [6.07, 6.45) is 6.61. The minimum Gasteiger partial charge on any atom is -0.469 e. The van der Waals surface area contributed by atoms with Crippen LogP contribution in [0.25, 0.3) is 0 Å². The van der Waals surface area contributed by atoms with Gasteiger partial charge in [0.05, 0.1) is 49.7 Å². The zero-order valence-corrected chi connectivity index (χ0v) is 26.2. The lowest BCUT2D eigenvalue weighted by molar-refractivity contribution is -0.209. The van der Waals surface area contributed by atoms with Gasteiger partial charge in [0.1, 0.15) is 0 Å². The monoisotopic (exact) mass is 595 g/mol.